The van der Waals surface area contributed by atoms with Crippen LogP contribution in [0.4, 0.5) is 0 Å². The molecule has 0 aromatic carbocycles. The molecule has 19 heavy (non-hydrogen) atoms. The quantitative estimate of drug-likeness (QED) is 0.846. The van der Waals surface area contributed by atoms with E-state index in [1.165, 1.54) is 9.88 Å². The van der Waals surface area contributed by atoms with Gasteiger partial charge in [-0.2, -0.15) is 0 Å². The van der Waals surface area contributed by atoms with E-state index in [0.717, 1.165) is 25.3 Å². The summed E-state index contributed by atoms with van der Waals surface area (Å²) in [6.45, 7) is 3.86. The van der Waals surface area contributed by atoms with Crippen molar-refractivity contribution in [1.29, 1.82) is 0 Å². The molecule has 0 saturated heterocycles. The van der Waals surface area contributed by atoms with Crippen LogP contribution in [0, 0.1) is 0 Å². The Bertz CT molecular complexity index is 479. The predicted octanol–water partition coefficient (Wildman–Crippen LogP) is 2.69. The topological polar surface area (TPSA) is 41.3 Å². The molecule has 4 nitrogen and oxygen atoms in total. The Morgan fingerprint density at radius 3 is 2.89 bits per heavy atom. The molecule has 0 amide bonds. The van der Waals surface area contributed by atoms with E-state index in [-0.39, 0.29) is 6.04 Å². The van der Waals surface area contributed by atoms with Gasteiger partial charge in [-0.15, -0.1) is 11.3 Å². The summed E-state index contributed by atoms with van der Waals surface area (Å²) in [7, 11) is 4.13. The van der Waals surface area contributed by atoms with Crippen molar-refractivity contribution in [3.05, 3.63) is 40.2 Å². The van der Waals surface area contributed by atoms with Crippen LogP contribution in [0.2, 0.25) is 0 Å². The van der Waals surface area contributed by atoms with Gasteiger partial charge in [0.05, 0.1) is 17.3 Å². The Labute approximate surface area is 118 Å². The van der Waals surface area contributed by atoms with Gasteiger partial charge in [0, 0.05) is 24.2 Å². The fourth-order valence-electron chi connectivity index (χ4n) is 1.94. The molecule has 0 bridgehead atoms. The zero-order valence-electron chi connectivity index (χ0n) is 11.7. The first-order valence-corrected chi connectivity index (χ1v) is 7.36. The van der Waals surface area contributed by atoms with E-state index in [1.807, 2.05) is 18.3 Å². The number of furan rings is 1. The van der Waals surface area contributed by atoms with Crippen molar-refractivity contribution < 1.29 is 4.42 Å². The van der Waals surface area contributed by atoms with E-state index in [1.54, 1.807) is 17.6 Å². The highest BCUT2D eigenvalue weighted by molar-refractivity contribution is 7.11. The Morgan fingerprint density at radius 1 is 1.47 bits per heavy atom. The number of likely N-dealkylation sites (N-methyl/N-ethyl adjacent to an activating group) is 1. The monoisotopic (exact) mass is 279 g/mol. The number of aryl methyl sites for hydroxylation is 1. The van der Waals surface area contributed by atoms with Gasteiger partial charge in [-0.1, -0.05) is 6.92 Å². The standard InChI is InChI=1S/C14H21N3OS/c1-4-14-16-9-11(19-14)8-15-10-12(17(2)3)13-6-5-7-18-13/h5-7,9,12,15H,4,8,10H2,1-3H3. The Kier molecular flexibility index (Phi) is 5.13. The van der Waals surface area contributed by atoms with Crippen molar-refractivity contribution in [1.82, 2.24) is 15.2 Å². The van der Waals surface area contributed by atoms with Crippen molar-refractivity contribution in [3.63, 3.8) is 0 Å². The number of hydrogen-bond acceptors (Lipinski definition) is 5. The molecule has 0 aliphatic rings. The van der Waals surface area contributed by atoms with Gasteiger partial charge in [0.15, 0.2) is 0 Å². The van der Waals surface area contributed by atoms with Crippen molar-refractivity contribution >= 4 is 11.3 Å². The number of hydrogen-bond donors (Lipinski definition) is 1. The van der Waals surface area contributed by atoms with Gasteiger partial charge in [-0.3, -0.25) is 4.90 Å². The van der Waals surface area contributed by atoms with Gasteiger partial charge in [0.25, 0.3) is 0 Å². The number of thiazole rings is 1. The maximum Gasteiger partial charge on any atom is 0.122 e. The van der Waals surface area contributed by atoms with E-state index in [4.69, 9.17) is 4.42 Å². The van der Waals surface area contributed by atoms with Crippen molar-refractivity contribution in [2.75, 3.05) is 20.6 Å². The summed E-state index contributed by atoms with van der Waals surface area (Å²) >= 11 is 1.78. The molecule has 2 rings (SSSR count). The third-order valence-electron chi connectivity index (χ3n) is 3.04. The number of rotatable bonds is 7. The summed E-state index contributed by atoms with van der Waals surface area (Å²) in [5.41, 5.74) is 0. The molecular weight excluding hydrogens is 258 g/mol. The fourth-order valence-corrected chi connectivity index (χ4v) is 2.78. The highest BCUT2D eigenvalue weighted by Crippen LogP contribution is 2.18. The maximum atomic E-state index is 5.49. The molecule has 0 fully saturated rings. The lowest BCUT2D eigenvalue weighted by Crippen LogP contribution is -2.30. The summed E-state index contributed by atoms with van der Waals surface area (Å²) in [6, 6.07) is 4.21. The SMILES string of the molecule is CCc1ncc(CNCC(c2ccco2)N(C)C)s1. The van der Waals surface area contributed by atoms with Gasteiger partial charge < -0.3 is 9.73 Å². The average molecular weight is 279 g/mol. The van der Waals surface area contributed by atoms with Crippen LogP contribution in [0.5, 0.6) is 0 Å². The summed E-state index contributed by atoms with van der Waals surface area (Å²) in [5, 5.41) is 4.68. The Balaban J connectivity index is 1.86. The first-order chi connectivity index (χ1) is 9.20. The van der Waals surface area contributed by atoms with Crippen LogP contribution >= 0.6 is 11.3 Å². The molecule has 2 heterocycles. The Morgan fingerprint density at radius 2 is 2.32 bits per heavy atom. The van der Waals surface area contributed by atoms with E-state index in [9.17, 15) is 0 Å². The molecule has 5 heteroatoms. The smallest absolute Gasteiger partial charge is 0.122 e. The molecule has 1 atom stereocenters. The maximum absolute atomic E-state index is 5.49. The van der Waals surface area contributed by atoms with E-state index in [2.05, 4.69) is 36.2 Å². The second-order valence-corrected chi connectivity index (χ2v) is 5.90. The molecule has 104 valence electrons. The summed E-state index contributed by atoms with van der Waals surface area (Å²) in [4.78, 5) is 7.82. The van der Waals surface area contributed by atoms with Crippen LogP contribution in [-0.4, -0.2) is 30.5 Å². The molecule has 0 radical (unpaired) electrons. The van der Waals surface area contributed by atoms with Crippen molar-refractivity contribution in [2.24, 2.45) is 0 Å². The fraction of sp³-hybridized carbons (Fsp3) is 0.500. The molecule has 2 aromatic rings. The molecule has 1 unspecified atom stereocenters. The summed E-state index contributed by atoms with van der Waals surface area (Å²) in [5.74, 6) is 0.996. The second-order valence-electron chi connectivity index (χ2n) is 4.70. The van der Waals surface area contributed by atoms with Crippen LogP contribution in [0.25, 0.3) is 0 Å². The molecule has 2 aromatic heterocycles. The summed E-state index contributed by atoms with van der Waals surface area (Å²) in [6.07, 6.45) is 4.70. The van der Waals surface area contributed by atoms with E-state index >= 15 is 0 Å². The lowest BCUT2D eigenvalue weighted by atomic mass is 10.2. The minimum absolute atomic E-state index is 0.258. The summed E-state index contributed by atoms with van der Waals surface area (Å²) < 4.78 is 5.49. The first-order valence-electron chi connectivity index (χ1n) is 6.54. The van der Waals surface area contributed by atoms with Crippen molar-refractivity contribution in [2.45, 2.75) is 25.9 Å². The van der Waals surface area contributed by atoms with Gasteiger partial charge in [0.1, 0.15) is 5.76 Å². The zero-order valence-corrected chi connectivity index (χ0v) is 12.5. The number of aromatic nitrogens is 1. The van der Waals surface area contributed by atoms with Gasteiger partial charge in [-0.25, -0.2) is 4.98 Å². The molecule has 1 N–H and O–H groups in total. The first kappa shape index (κ1) is 14.2. The van der Waals surface area contributed by atoms with Crippen LogP contribution < -0.4 is 5.32 Å². The minimum Gasteiger partial charge on any atom is -0.468 e. The lowest BCUT2D eigenvalue weighted by molar-refractivity contribution is 0.250. The van der Waals surface area contributed by atoms with Crippen LogP contribution in [0.3, 0.4) is 0 Å². The predicted molar refractivity (Wildman–Crippen MR) is 78.3 cm³/mol. The van der Waals surface area contributed by atoms with Gasteiger partial charge in [-0.05, 0) is 32.6 Å². The zero-order chi connectivity index (χ0) is 13.7. The van der Waals surface area contributed by atoms with Crippen molar-refractivity contribution in [3.8, 4) is 0 Å². The average Bonchev–Trinajstić information content (AvgIpc) is 3.05. The van der Waals surface area contributed by atoms with E-state index < -0.39 is 0 Å². The van der Waals surface area contributed by atoms with Crippen LogP contribution in [0.15, 0.2) is 29.0 Å². The molecule has 0 saturated carbocycles. The highest BCUT2D eigenvalue weighted by Gasteiger charge is 2.16. The molecule has 0 spiro atoms. The Hall–Kier alpha value is -1.17. The highest BCUT2D eigenvalue weighted by atomic mass is 32.1. The minimum atomic E-state index is 0.258. The number of nitrogens with zero attached hydrogens (tertiary/aromatic N) is 2. The number of nitrogens with one attached hydrogen (secondary N) is 1. The molecule has 0 aliphatic heterocycles. The van der Waals surface area contributed by atoms with E-state index in [0.29, 0.717) is 0 Å². The van der Waals surface area contributed by atoms with Gasteiger partial charge >= 0.3 is 0 Å². The largest absolute Gasteiger partial charge is 0.468 e. The third-order valence-corrected chi connectivity index (χ3v) is 4.18. The second kappa shape index (κ2) is 6.84. The molecule has 0 aliphatic carbocycles. The van der Waals surface area contributed by atoms with Crippen LogP contribution in [0.1, 0.15) is 28.6 Å². The normalized spacial score (nSPS) is 13.1. The van der Waals surface area contributed by atoms with Gasteiger partial charge in [0.2, 0.25) is 0 Å². The van der Waals surface area contributed by atoms with Crippen LogP contribution in [-0.2, 0) is 13.0 Å². The third kappa shape index (κ3) is 3.89. The molecular formula is C14H21N3OS. The lowest BCUT2D eigenvalue weighted by Gasteiger charge is -2.22.